The Kier molecular flexibility index (Phi) is 7.30. The molecule has 2 saturated heterocycles. The number of halogens is 1. The zero-order valence-corrected chi connectivity index (χ0v) is 18.1. The van der Waals surface area contributed by atoms with Gasteiger partial charge in [0.05, 0.1) is 16.2 Å². The Morgan fingerprint density at radius 3 is 2.43 bits per heavy atom. The minimum Gasteiger partial charge on any atom is -0.369 e. The summed E-state index contributed by atoms with van der Waals surface area (Å²) >= 11 is 6.42. The fourth-order valence-electron chi connectivity index (χ4n) is 4.51. The van der Waals surface area contributed by atoms with Crippen molar-refractivity contribution in [2.75, 3.05) is 31.1 Å². The second-order valence-electron chi connectivity index (χ2n) is 7.53. The van der Waals surface area contributed by atoms with Crippen molar-refractivity contribution in [2.45, 2.75) is 58.9 Å². The van der Waals surface area contributed by atoms with E-state index in [2.05, 4.69) is 14.8 Å². The van der Waals surface area contributed by atoms with E-state index in [1.165, 1.54) is 32.4 Å². The first-order chi connectivity index (χ1) is 13.6. The molecule has 0 radical (unpaired) electrons. The first-order valence-corrected chi connectivity index (χ1v) is 11.1. The number of likely N-dealkylation sites (tertiary alicyclic amines) is 1. The highest BCUT2D eigenvalue weighted by atomic mass is 35.5. The Bertz CT molecular complexity index is 809. The summed E-state index contributed by atoms with van der Waals surface area (Å²) in [6.45, 7) is 10.0. The van der Waals surface area contributed by atoms with Gasteiger partial charge in [-0.3, -0.25) is 9.78 Å². The maximum absolute atomic E-state index is 12.3. The minimum atomic E-state index is 0.0487. The third-order valence-electron chi connectivity index (χ3n) is 5.88. The van der Waals surface area contributed by atoms with Crippen LogP contribution in [-0.4, -0.2) is 47.9 Å². The molecule has 28 heavy (non-hydrogen) atoms. The summed E-state index contributed by atoms with van der Waals surface area (Å²) in [7, 11) is 0. The van der Waals surface area contributed by atoms with Crippen molar-refractivity contribution >= 4 is 34.0 Å². The second-order valence-corrected chi connectivity index (χ2v) is 7.93. The van der Waals surface area contributed by atoms with Crippen LogP contribution in [0, 0.1) is 0 Å². The Balaban J connectivity index is 0.00000109. The molecule has 0 aliphatic carbocycles. The molecule has 0 bridgehead atoms. The van der Waals surface area contributed by atoms with Gasteiger partial charge >= 0.3 is 0 Å². The van der Waals surface area contributed by atoms with Crippen molar-refractivity contribution in [1.82, 2.24) is 9.88 Å². The number of carbonyl (C=O) groups is 1. The number of hydrogen-bond acceptors (Lipinski definition) is 4. The summed E-state index contributed by atoms with van der Waals surface area (Å²) < 4.78 is 0. The van der Waals surface area contributed by atoms with E-state index in [9.17, 15) is 4.79 Å². The van der Waals surface area contributed by atoms with Crippen LogP contribution in [0.4, 0.5) is 5.69 Å². The lowest BCUT2D eigenvalue weighted by molar-refractivity contribution is 0.101. The van der Waals surface area contributed by atoms with Crippen LogP contribution in [0.5, 0.6) is 0 Å². The number of Topliss-reactive ketones (excluding diaryl/α,β-unsaturated/α-hetero) is 1. The lowest BCUT2D eigenvalue weighted by atomic mass is 9.97. The van der Waals surface area contributed by atoms with Crippen molar-refractivity contribution < 1.29 is 4.79 Å². The lowest BCUT2D eigenvalue weighted by Gasteiger charge is -2.41. The maximum Gasteiger partial charge on any atom is 0.162 e. The van der Waals surface area contributed by atoms with E-state index in [1.54, 1.807) is 13.1 Å². The minimum absolute atomic E-state index is 0.0487. The molecule has 5 heteroatoms. The average molecular weight is 402 g/mol. The zero-order valence-electron chi connectivity index (χ0n) is 17.4. The number of rotatable bonds is 3. The van der Waals surface area contributed by atoms with Crippen LogP contribution in [0.3, 0.4) is 0 Å². The van der Waals surface area contributed by atoms with Crippen LogP contribution in [0.2, 0.25) is 5.02 Å². The number of carbonyl (C=O) groups excluding carboxylic acids is 1. The molecule has 2 aliphatic heterocycles. The molecular weight excluding hydrogens is 370 g/mol. The van der Waals surface area contributed by atoms with E-state index >= 15 is 0 Å². The average Bonchev–Trinajstić information content (AvgIpc) is 2.76. The summed E-state index contributed by atoms with van der Waals surface area (Å²) in [4.78, 5) is 21.9. The topological polar surface area (TPSA) is 36.4 Å². The van der Waals surface area contributed by atoms with E-state index in [4.69, 9.17) is 11.6 Å². The van der Waals surface area contributed by atoms with Crippen molar-refractivity contribution in [3.63, 3.8) is 0 Å². The van der Waals surface area contributed by atoms with Gasteiger partial charge in [0.1, 0.15) is 0 Å². The molecule has 0 unspecified atom stereocenters. The number of pyridine rings is 1. The molecule has 2 fully saturated rings. The highest BCUT2D eigenvalue weighted by Gasteiger charge is 2.28. The Hall–Kier alpha value is -1.65. The van der Waals surface area contributed by atoms with Crippen molar-refractivity contribution in [3.8, 4) is 0 Å². The predicted molar refractivity (Wildman–Crippen MR) is 119 cm³/mol. The maximum atomic E-state index is 12.3. The number of piperidine rings is 2. The molecule has 0 spiro atoms. The predicted octanol–water partition coefficient (Wildman–Crippen LogP) is 5.57. The normalized spacial score (nSPS) is 18.6. The summed E-state index contributed by atoms with van der Waals surface area (Å²) in [5.74, 6) is 0.0487. The van der Waals surface area contributed by atoms with Crippen LogP contribution in [0.25, 0.3) is 10.9 Å². The first kappa shape index (κ1) is 21.1. The smallest absolute Gasteiger partial charge is 0.162 e. The van der Waals surface area contributed by atoms with Crippen molar-refractivity contribution in [1.29, 1.82) is 0 Å². The molecule has 2 aliphatic rings. The molecule has 4 rings (SSSR count). The Labute approximate surface area is 173 Å². The van der Waals surface area contributed by atoms with Crippen molar-refractivity contribution in [2.24, 2.45) is 0 Å². The highest BCUT2D eigenvalue weighted by Crippen LogP contribution is 2.36. The fraction of sp³-hybridized carbons (Fsp3) is 0.565. The number of anilines is 1. The van der Waals surface area contributed by atoms with Crippen LogP contribution >= 0.6 is 11.6 Å². The molecule has 0 atom stereocenters. The molecule has 0 saturated carbocycles. The number of benzene rings is 1. The van der Waals surface area contributed by atoms with Gasteiger partial charge in [0.15, 0.2) is 5.78 Å². The zero-order chi connectivity index (χ0) is 20.1. The van der Waals surface area contributed by atoms with Crippen LogP contribution in [-0.2, 0) is 0 Å². The molecule has 1 aromatic heterocycles. The summed E-state index contributed by atoms with van der Waals surface area (Å²) in [6, 6.07) is 6.38. The van der Waals surface area contributed by atoms with E-state index in [1.807, 2.05) is 32.0 Å². The van der Waals surface area contributed by atoms with E-state index in [0.29, 0.717) is 16.6 Å². The van der Waals surface area contributed by atoms with Gasteiger partial charge in [0.25, 0.3) is 0 Å². The fourth-order valence-corrected chi connectivity index (χ4v) is 4.78. The molecule has 0 amide bonds. The van der Waals surface area contributed by atoms with Crippen molar-refractivity contribution in [3.05, 3.63) is 35.0 Å². The van der Waals surface area contributed by atoms with Crippen LogP contribution in [0.1, 0.15) is 63.2 Å². The number of ketones is 1. The number of aromatic nitrogens is 1. The van der Waals surface area contributed by atoms with Gasteiger partial charge in [-0.15, -0.1) is 0 Å². The van der Waals surface area contributed by atoms with Gasteiger partial charge < -0.3 is 9.80 Å². The SMILES string of the molecule is CC.CC(=O)c1cc(Cl)c2cccnc2c1N1CCC(N2CCCCC2)CC1. The quantitative estimate of drug-likeness (QED) is 0.630. The summed E-state index contributed by atoms with van der Waals surface area (Å²) in [5.41, 5.74) is 2.51. The number of hydrogen-bond donors (Lipinski definition) is 0. The standard InChI is InChI=1S/C21H26ClN3O.C2H6/c1-15(26)18-14-19(22)17-6-5-9-23-20(17)21(18)25-12-7-16(8-13-25)24-10-3-2-4-11-24;1-2/h5-6,9,14,16H,2-4,7-8,10-13H2,1H3;1-2H3. The van der Waals surface area contributed by atoms with Gasteiger partial charge in [0, 0.05) is 36.3 Å². The summed E-state index contributed by atoms with van der Waals surface area (Å²) in [5, 5.41) is 1.53. The molecule has 1 aromatic carbocycles. The largest absolute Gasteiger partial charge is 0.369 e. The third-order valence-corrected chi connectivity index (χ3v) is 6.20. The van der Waals surface area contributed by atoms with E-state index < -0.39 is 0 Å². The van der Waals surface area contributed by atoms with Gasteiger partial charge in [0.2, 0.25) is 0 Å². The van der Waals surface area contributed by atoms with Crippen LogP contribution in [0.15, 0.2) is 24.4 Å². The first-order valence-electron chi connectivity index (χ1n) is 10.7. The van der Waals surface area contributed by atoms with E-state index in [-0.39, 0.29) is 5.78 Å². The highest BCUT2D eigenvalue weighted by molar-refractivity contribution is 6.36. The molecule has 2 aromatic rings. The second kappa shape index (κ2) is 9.71. The molecule has 4 nitrogen and oxygen atoms in total. The van der Waals surface area contributed by atoms with Gasteiger partial charge in [-0.05, 0) is 63.9 Å². The van der Waals surface area contributed by atoms with E-state index in [0.717, 1.165) is 42.5 Å². The Morgan fingerprint density at radius 1 is 1.11 bits per heavy atom. The van der Waals surface area contributed by atoms with Gasteiger partial charge in [-0.2, -0.15) is 0 Å². The molecule has 0 N–H and O–H groups in total. The monoisotopic (exact) mass is 401 g/mol. The molecular formula is C23H32ClN3O. The molecule has 3 heterocycles. The number of fused-ring (bicyclic) bond motifs is 1. The number of nitrogens with zero attached hydrogens (tertiary/aromatic N) is 3. The Morgan fingerprint density at radius 2 is 1.79 bits per heavy atom. The van der Waals surface area contributed by atoms with Gasteiger partial charge in [-0.25, -0.2) is 0 Å². The molecule has 152 valence electrons. The lowest BCUT2D eigenvalue weighted by Crippen LogP contribution is -2.47. The van der Waals surface area contributed by atoms with Gasteiger partial charge in [-0.1, -0.05) is 31.9 Å². The summed E-state index contributed by atoms with van der Waals surface area (Å²) in [6.07, 6.45) is 8.12. The third kappa shape index (κ3) is 4.33. The van der Waals surface area contributed by atoms with Crippen LogP contribution < -0.4 is 4.90 Å².